The van der Waals surface area contributed by atoms with Crippen LogP contribution < -0.4 is 10.2 Å². The van der Waals surface area contributed by atoms with Crippen LogP contribution in [0, 0.1) is 13.8 Å². The van der Waals surface area contributed by atoms with Crippen molar-refractivity contribution in [3.8, 4) is 0 Å². The van der Waals surface area contributed by atoms with Gasteiger partial charge in [0, 0.05) is 23.1 Å². The number of anilines is 1. The van der Waals surface area contributed by atoms with Crippen molar-refractivity contribution in [2.24, 2.45) is 0 Å². The molecule has 2 aromatic carbocycles. The highest BCUT2D eigenvalue weighted by molar-refractivity contribution is 6.04. The van der Waals surface area contributed by atoms with Crippen LogP contribution >= 0.6 is 0 Å². The number of H-pyrrole nitrogens is 1. The minimum atomic E-state index is -0.489. The first-order valence-corrected chi connectivity index (χ1v) is 8.79. The molecule has 0 spiro atoms. The molecule has 0 unspecified atom stereocenters. The number of hydrogen-bond donors (Lipinski definition) is 2. The summed E-state index contributed by atoms with van der Waals surface area (Å²) in [6.45, 7) is 4.63. The molecule has 0 aliphatic carbocycles. The largest absolute Gasteiger partial charge is 0.351 e. The van der Waals surface area contributed by atoms with Gasteiger partial charge in [-0.25, -0.2) is 0 Å². The monoisotopic (exact) mass is 347 g/mol. The molecule has 1 fully saturated rings. The van der Waals surface area contributed by atoms with Crippen LogP contribution in [0.1, 0.15) is 28.0 Å². The predicted octanol–water partition coefficient (Wildman–Crippen LogP) is 3.32. The van der Waals surface area contributed by atoms with Crippen molar-refractivity contribution in [1.82, 2.24) is 10.3 Å². The van der Waals surface area contributed by atoms with Crippen LogP contribution in [0.5, 0.6) is 0 Å². The fourth-order valence-corrected chi connectivity index (χ4v) is 3.39. The summed E-state index contributed by atoms with van der Waals surface area (Å²) in [4.78, 5) is 30.1. The SMILES string of the molecule is Cc1ccc(N2CC[C@H](NC(=O)c3cc4ccc(C)cc4[nH]3)C2=O)cc1. The molecule has 1 atom stereocenters. The number of aromatic amines is 1. The Balaban J connectivity index is 1.49. The zero-order chi connectivity index (χ0) is 18.3. The van der Waals surface area contributed by atoms with Crippen molar-refractivity contribution >= 4 is 28.4 Å². The molecule has 0 bridgehead atoms. The topological polar surface area (TPSA) is 65.2 Å². The number of carbonyl (C=O) groups excluding carboxylic acids is 2. The Bertz CT molecular complexity index is 988. The van der Waals surface area contributed by atoms with E-state index in [2.05, 4.69) is 10.3 Å². The second-order valence-corrected chi connectivity index (χ2v) is 6.91. The van der Waals surface area contributed by atoms with E-state index >= 15 is 0 Å². The summed E-state index contributed by atoms with van der Waals surface area (Å²) >= 11 is 0. The number of aromatic nitrogens is 1. The van der Waals surface area contributed by atoms with Crippen LogP contribution in [0.25, 0.3) is 10.9 Å². The highest BCUT2D eigenvalue weighted by atomic mass is 16.2. The van der Waals surface area contributed by atoms with Gasteiger partial charge < -0.3 is 15.2 Å². The number of fused-ring (bicyclic) bond motifs is 1. The Labute approximate surface area is 152 Å². The van der Waals surface area contributed by atoms with Gasteiger partial charge in [0.25, 0.3) is 5.91 Å². The summed E-state index contributed by atoms with van der Waals surface area (Å²) in [6.07, 6.45) is 0.609. The van der Waals surface area contributed by atoms with E-state index in [9.17, 15) is 9.59 Å². The third-order valence-corrected chi connectivity index (χ3v) is 4.88. The minimum absolute atomic E-state index is 0.0610. The lowest BCUT2D eigenvalue weighted by Gasteiger charge is -2.17. The third kappa shape index (κ3) is 2.96. The number of amides is 2. The van der Waals surface area contributed by atoms with E-state index in [0.29, 0.717) is 18.7 Å². The zero-order valence-electron chi connectivity index (χ0n) is 14.9. The smallest absolute Gasteiger partial charge is 0.268 e. The van der Waals surface area contributed by atoms with Gasteiger partial charge in [-0.2, -0.15) is 0 Å². The van der Waals surface area contributed by atoms with Gasteiger partial charge in [-0.05, 0) is 50.1 Å². The summed E-state index contributed by atoms with van der Waals surface area (Å²) < 4.78 is 0. The lowest BCUT2D eigenvalue weighted by Crippen LogP contribution is -2.41. The molecule has 26 heavy (non-hydrogen) atoms. The molecule has 1 aliphatic heterocycles. The molecule has 2 heterocycles. The molecule has 1 saturated heterocycles. The van der Waals surface area contributed by atoms with Gasteiger partial charge in [0.2, 0.25) is 5.91 Å². The van der Waals surface area contributed by atoms with Crippen LogP contribution in [-0.2, 0) is 4.79 Å². The van der Waals surface area contributed by atoms with Crippen molar-refractivity contribution in [1.29, 1.82) is 0 Å². The Kier molecular flexibility index (Phi) is 3.99. The molecule has 2 amide bonds. The Hall–Kier alpha value is -3.08. The van der Waals surface area contributed by atoms with E-state index in [4.69, 9.17) is 0 Å². The van der Waals surface area contributed by atoms with Crippen LogP contribution in [-0.4, -0.2) is 29.4 Å². The lowest BCUT2D eigenvalue weighted by molar-refractivity contribution is -0.118. The standard InChI is InChI=1S/C21H21N3O2/c1-13-4-7-16(8-5-13)24-10-9-17(21(24)26)23-20(25)19-12-15-6-3-14(2)11-18(15)22-19/h3-8,11-12,17,22H,9-10H2,1-2H3,(H,23,25)/t17-/m0/s1. The summed E-state index contributed by atoms with van der Waals surface area (Å²) in [5.41, 5.74) is 4.56. The molecule has 1 aliphatic rings. The molecule has 1 aromatic heterocycles. The average molecular weight is 347 g/mol. The van der Waals surface area contributed by atoms with Crippen molar-refractivity contribution < 1.29 is 9.59 Å². The summed E-state index contributed by atoms with van der Waals surface area (Å²) in [5.74, 6) is -0.308. The first kappa shape index (κ1) is 16.4. The van der Waals surface area contributed by atoms with Gasteiger partial charge in [0.05, 0.1) is 0 Å². The predicted molar refractivity (Wildman–Crippen MR) is 102 cm³/mol. The molecule has 132 valence electrons. The van der Waals surface area contributed by atoms with Crippen LogP contribution in [0.4, 0.5) is 5.69 Å². The molecule has 4 rings (SSSR count). The third-order valence-electron chi connectivity index (χ3n) is 4.88. The van der Waals surface area contributed by atoms with Gasteiger partial charge in [-0.1, -0.05) is 29.8 Å². The number of aryl methyl sites for hydroxylation is 2. The van der Waals surface area contributed by atoms with Gasteiger partial charge in [-0.3, -0.25) is 9.59 Å². The van der Waals surface area contributed by atoms with Gasteiger partial charge in [0.15, 0.2) is 0 Å². The summed E-state index contributed by atoms with van der Waals surface area (Å²) in [7, 11) is 0. The first-order chi connectivity index (χ1) is 12.5. The van der Waals surface area contributed by atoms with Gasteiger partial charge >= 0.3 is 0 Å². The second-order valence-electron chi connectivity index (χ2n) is 6.91. The highest BCUT2D eigenvalue weighted by Crippen LogP contribution is 2.23. The van der Waals surface area contributed by atoms with E-state index in [-0.39, 0.29) is 11.8 Å². The number of carbonyl (C=O) groups is 2. The quantitative estimate of drug-likeness (QED) is 0.763. The van der Waals surface area contributed by atoms with E-state index in [0.717, 1.165) is 27.7 Å². The fourth-order valence-electron chi connectivity index (χ4n) is 3.39. The Morgan fingerprint density at radius 1 is 1.08 bits per heavy atom. The van der Waals surface area contributed by atoms with E-state index < -0.39 is 6.04 Å². The van der Waals surface area contributed by atoms with Crippen LogP contribution in [0.3, 0.4) is 0 Å². The molecule has 2 N–H and O–H groups in total. The normalized spacial score (nSPS) is 17.1. The van der Waals surface area contributed by atoms with Gasteiger partial charge in [-0.15, -0.1) is 0 Å². The highest BCUT2D eigenvalue weighted by Gasteiger charge is 2.33. The maximum absolute atomic E-state index is 12.7. The number of nitrogens with zero attached hydrogens (tertiary/aromatic N) is 1. The second kappa shape index (κ2) is 6.33. The van der Waals surface area contributed by atoms with Gasteiger partial charge in [0.1, 0.15) is 11.7 Å². The Morgan fingerprint density at radius 2 is 1.81 bits per heavy atom. The van der Waals surface area contributed by atoms with E-state index in [1.165, 1.54) is 0 Å². The number of rotatable bonds is 3. The van der Waals surface area contributed by atoms with Crippen LogP contribution in [0.2, 0.25) is 0 Å². The zero-order valence-corrected chi connectivity index (χ0v) is 14.9. The maximum Gasteiger partial charge on any atom is 0.268 e. The molecular weight excluding hydrogens is 326 g/mol. The Morgan fingerprint density at radius 3 is 2.58 bits per heavy atom. The van der Waals surface area contributed by atoms with E-state index in [1.807, 2.05) is 62.4 Å². The van der Waals surface area contributed by atoms with Crippen molar-refractivity contribution in [2.45, 2.75) is 26.3 Å². The summed E-state index contributed by atoms with van der Waals surface area (Å²) in [5, 5.41) is 3.86. The maximum atomic E-state index is 12.7. The average Bonchev–Trinajstić information content (AvgIpc) is 3.20. The number of benzene rings is 2. The molecule has 0 radical (unpaired) electrons. The fraction of sp³-hybridized carbons (Fsp3) is 0.238. The molecule has 3 aromatic rings. The van der Waals surface area contributed by atoms with Crippen molar-refractivity contribution in [3.05, 3.63) is 65.4 Å². The molecule has 5 heteroatoms. The van der Waals surface area contributed by atoms with Crippen molar-refractivity contribution in [2.75, 3.05) is 11.4 Å². The number of hydrogen-bond acceptors (Lipinski definition) is 2. The van der Waals surface area contributed by atoms with E-state index in [1.54, 1.807) is 4.90 Å². The molecule has 0 saturated carbocycles. The molecule has 5 nitrogen and oxygen atoms in total. The number of nitrogens with one attached hydrogen (secondary N) is 2. The minimum Gasteiger partial charge on any atom is -0.351 e. The first-order valence-electron chi connectivity index (χ1n) is 8.79. The van der Waals surface area contributed by atoms with Crippen molar-refractivity contribution in [3.63, 3.8) is 0 Å². The van der Waals surface area contributed by atoms with Crippen LogP contribution in [0.15, 0.2) is 48.5 Å². The lowest BCUT2D eigenvalue weighted by atomic mass is 10.2. The molecular formula is C21H21N3O2. The summed E-state index contributed by atoms with van der Waals surface area (Å²) in [6, 6.07) is 15.2.